The molecule has 6 heteroatoms. The Labute approximate surface area is 139 Å². The number of nitrogens with zero attached hydrogens (tertiary/aromatic N) is 1. The average molecular weight is 327 g/mol. The predicted octanol–water partition coefficient (Wildman–Crippen LogP) is 3.02. The summed E-state index contributed by atoms with van der Waals surface area (Å²) in [4.78, 5) is 4.24. The van der Waals surface area contributed by atoms with Gasteiger partial charge < -0.3 is 20.6 Å². The molecule has 2 heterocycles. The molecule has 0 saturated heterocycles. The maximum atomic E-state index is 14.3. The third-order valence-corrected chi connectivity index (χ3v) is 4.98. The van der Waals surface area contributed by atoms with Gasteiger partial charge in [-0.3, -0.25) is 4.98 Å². The van der Waals surface area contributed by atoms with Gasteiger partial charge in [0.1, 0.15) is 11.9 Å². The molecule has 2 aliphatic rings. The minimum atomic E-state index is -0.692. The second kappa shape index (κ2) is 5.36. The van der Waals surface area contributed by atoms with Gasteiger partial charge in [0.05, 0.1) is 17.8 Å². The number of halogens is 1. The molecule has 1 spiro atoms. The zero-order valence-corrected chi connectivity index (χ0v) is 13.3. The molecule has 1 aromatic carbocycles. The van der Waals surface area contributed by atoms with E-state index in [0.29, 0.717) is 17.9 Å². The Bertz CT molecular complexity index is 833. The fourth-order valence-electron chi connectivity index (χ4n) is 3.40. The van der Waals surface area contributed by atoms with Crippen LogP contribution in [-0.4, -0.2) is 29.0 Å². The second-order valence-corrected chi connectivity index (χ2v) is 6.32. The lowest BCUT2D eigenvalue weighted by Crippen LogP contribution is -2.30. The highest BCUT2D eigenvalue weighted by atomic mass is 19.1. The largest absolute Gasteiger partial charge is 0.387 e. The van der Waals surface area contributed by atoms with Crippen molar-refractivity contribution in [2.24, 2.45) is 0 Å². The number of hydrogen-bond acceptors (Lipinski definition) is 5. The first kappa shape index (κ1) is 15.2. The molecule has 1 unspecified atom stereocenters. The van der Waals surface area contributed by atoms with Crippen molar-refractivity contribution in [1.29, 1.82) is 5.41 Å². The smallest absolute Gasteiger partial charge is 0.134 e. The molecule has 0 bridgehead atoms. The summed E-state index contributed by atoms with van der Waals surface area (Å²) in [6.45, 7) is 0.382. The van der Waals surface area contributed by atoms with Crippen LogP contribution in [0.2, 0.25) is 0 Å². The van der Waals surface area contributed by atoms with Crippen molar-refractivity contribution in [3.63, 3.8) is 0 Å². The molecule has 1 fully saturated rings. The third kappa shape index (κ3) is 2.14. The molecule has 5 nitrogen and oxygen atoms in total. The quantitative estimate of drug-likeness (QED) is 0.757. The zero-order valence-electron chi connectivity index (χ0n) is 13.3. The summed E-state index contributed by atoms with van der Waals surface area (Å²) in [5.74, 6) is -0.472. The van der Waals surface area contributed by atoms with Crippen molar-refractivity contribution in [2.45, 2.75) is 31.2 Å². The summed E-state index contributed by atoms with van der Waals surface area (Å²) in [6, 6.07) is 3.18. The Kier molecular flexibility index (Phi) is 3.40. The highest BCUT2D eigenvalue weighted by Crippen LogP contribution is 2.53. The molecule has 2 aromatic rings. The molecule has 1 saturated carbocycles. The van der Waals surface area contributed by atoms with Gasteiger partial charge in [0, 0.05) is 42.5 Å². The average Bonchev–Trinajstić information content (AvgIpc) is 3.38. The highest BCUT2D eigenvalue weighted by Gasteiger charge is 2.54. The van der Waals surface area contributed by atoms with Gasteiger partial charge in [0.15, 0.2) is 0 Å². The Morgan fingerprint density at radius 1 is 1.42 bits per heavy atom. The Morgan fingerprint density at radius 2 is 2.21 bits per heavy atom. The van der Waals surface area contributed by atoms with E-state index in [1.54, 1.807) is 25.5 Å². The number of fused-ring (bicyclic) bond motifs is 1. The SMILES string of the molecule is CNc1cc(-c2cncc3c2COC2(CC2)C3O)cc(F)c1C=N. The van der Waals surface area contributed by atoms with E-state index in [-0.39, 0.29) is 5.56 Å². The Morgan fingerprint density at radius 3 is 2.88 bits per heavy atom. The summed E-state index contributed by atoms with van der Waals surface area (Å²) in [5, 5.41) is 20.9. The molecule has 1 atom stereocenters. The number of hydrogen-bond donors (Lipinski definition) is 3. The fourth-order valence-corrected chi connectivity index (χ4v) is 3.40. The number of nitrogens with one attached hydrogen (secondary N) is 2. The van der Waals surface area contributed by atoms with Gasteiger partial charge in [-0.1, -0.05) is 0 Å². The van der Waals surface area contributed by atoms with Crippen molar-refractivity contribution in [3.8, 4) is 11.1 Å². The maximum Gasteiger partial charge on any atom is 0.134 e. The van der Waals surface area contributed by atoms with Crippen LogP contribution in [0, 0.1) is 11.2 Å². The van der Waals surface area contributed by atoms with E-state index in [1.807, 2.05) is 0 Å². The maximum absolute atomic E-state index is 14.3. The van der Waals surface area contributed by atoms with Gasteiger partial charge in [-0.15, -0.1) is 0 Å². The number of aromatic nitrogens is 1. The lowest BCUT2D eigenvalue weighted by Gasteiger charge is -2.31. The number of anilines is 1. The summed E-state index contributed by atoms with van der Waals surface area (Å²) < 4.78 is 20.2. The van der Waals surface area contributed by atoms with Crippen LogP contribution < -0.4 is 5.32 Å². The summed E-state index contributed by atoms with van der Waals surface area (Å²) in [7, 11) is 1.69. The van der Waals surface area contributed by atoms with Crippen LogP contribution in [0.25, 0.3) is 11.1 Å². The number of pyridine rings is 1. The van der Waals surface area contributed by atoms with E-state index in [2.05, 4.69) is 10.3 Å². The number of aliphatic hydroxyl groups excluding tert-OH is 1. The molecule has 1 aliphatic carbocycles. The highest BCUT2D eigenvalue weighted by molar-refractivity contribution is 5.88. The molecule has 3 N–H and O–H groups in total. The van der Waals surface area contributed by atoms with E-state index >= 15 is 0 Å². The van der Waals surface area contributed by atoms with Crippen LogP contribution in [0.15, 0.2) is 24.5 Å². The molecular weight excluding hydrogens is 309 g/mol. The number of rotatable bonds is 3. The van der Waals surface area contributed by atoms with Crippen molar-refractivity contribution in [3.05, 3.63) is 47.0 Å². The lowest BCUT2D eigenvalue weighted by molar-refractivity contribution is -0.0827. The van der Waals surface area contributed by atoms with Gasteiger partial charge in [0.2, 0.25) is 0 Å². The van der Waals surface area contributed by atoms with Crippen molar-refractivity contribution in [1.82, 2.24) is 4.98 Å². The van der Waals surface area contributed by atoms with Crippen molar-refractivity contribution >= 4 is 11.9 Å². The normalized spacial score (nSPS) is 20.5. The van der Waals surface area contributed by atoms with E-state index in [0.717, 1.165) is 35.7 Å². The van der Waals surface area contributed by atoms with Crippen LogP contribution in [0.4, 0.5) is 10.1 Å². The van der Waals surface area contributed by atoms with E-state index in [9.17, 15) is 9.50 Å². The minimum absolute atomic E-state index is 0.215. The summed E-state index contributed by atoms with van der Waals surface area (Å²) in [6.07, 6.45) is 5.34. The minimum Gasteiger partial charge on any atom is -0.387 e. The molecule has 1 aromatic heterocycles. The topological polar surface area (TPSA) is 78.2 Å². The van der Waals surface area contributed by atoms with E-state index in [4.69, 9.17) is 10.1 Å². The van der Waals surface area contributed by atoms with Crippen LogP contribution >= 0.6 is 0 Å². The Hall–Kier alpha value is -2.31. The van der Waals surface area contributed by atoms with E-state index < -0.39 is 17.5 Å². The zero-order chi connectivity index (χ0) is 16.9. The predicted molar refractivity (Wildman–Crippen MR) is 88.8 cm³/mol. The monoisotopic (exact) mass is 327 g/mol. The van der Waals surface area contributed by atoms with Crippen molar-refractivity contribution < 1.29 is 14.2 Å². The first-order valence-electron chi connectivity index (χ1n) is 7.90. The van der Waals surface area contributed by atoms with Gasteiger partial charge in [-0.05, 0) is 36.1 Å². The van der Waals surface area contributed by atoms with E-state index in [1.165, 1.54) is 6.07 Å². The van der Waals surface area contributed by atoms with Crippen molar-refractivity contribution in [2.75, 3.05) is 12.4 Å². The molecule has 124 valence electrons. The fraction of sp³-hybridized carbons (Fsp3) is 0.333. The van der Waals surface area contributed by atoms with Crippen LogP contribution in [0.1, 0.15) is 35.6 Å². The molecular formula is C18H18FN3O2. The third-order valence-electron chi connectivity index (χ3n) is 4.98. The van der Waals surface area contributed by atoms with Gasteiger partial charge in [0.25, 0.3) is 0 Å². The lowest BCUT2D eigenvalue weighted by atomic mass is 9.90. The van der Waals surface area contributed by atoms with Crippen LogP contribution in [0.5, 0.6) is 0 Å². The summed E-state index contributed by atoms with van der Waals surface area (Å²) >= 11 is 0. The molecule has 24 heavy (non-hydrogen) atoms. The van der Waals surface area contributed by atoms with Gasteiger partial charge >= 0.3 is 0 Å². The number of ether oxygens (including phenoxy) is 1. The number of benzene rings is 1. The second-order valence-electron chi connectivity index (χ2n) is 6.32. The van der Waals surface area contributed by atoms with Crippen LogP contribution in [0.3, 0.4) is 0 Å². The number of aliphatic hydroxyl groups is 1. The van der Waals surface area contributed by atoms with Gasteiger partial charge in [-0.2, -0.15) is 0 Å². The molecule has 0 radical (unpaired) electrons. The molecule has 1 aliphatic heterocycles. The standard InChI is InChI=1S/C18H18FN3O2/c1-21-16-5-10(4-15(19)11(16)6-20)12-7-22-8-13-14(12)9-24-18(2-3-18)17(13)23/h4-8,17,20-21,23H,2-3,9H2,1H3. The molecule has 4 rings (SSSR count). The first-order valence-corrected chi connectivity index (χ1v) is 7.90. The van der Waals surface area contributed by atoms with Gasteiger partial charge in [-0.25, -0.2) is 4.39 Å². The first-order chi connectivity index (χ1) is 11.6. The Balaban J connectivity index is 1.85. The van der Waals surface area contributed by atoms with Crippen LogP contribution in [-0.2, 0) is 11.3 Å². The summed E-state index contributed by atoms with van der Waals surface area (Å²) in [5.41, 5.74) is 3.31. The molecule has 0 amide bonds.